The van der Waals surface area contributed by atoms with Crippen molar-refractivity contribution in [1.29, 1.82) is 0 Å². The number of amides is 1. The molecule has 1 rings (SSSR count). The van der Waals surface area contributed by atoms with Crippen molar-refractivity contribution >= 4 is 21.6 Å². The van der Waals surface area contributed by atoms with Gasteiger partial charge < -0.3 is 10.4 Å². The van der Waals surface area contributed by atoms with E-state index >= 15 is 0 Å². The van der Waals surface area contributed by atoms with Crippen molar-refractivity contribution < 1.29 is 18.3 Å². The maximum Gasteiger partial charge on any atom is 0.240 e. The molecule has 0 saturated heterocycles. The van der Waals surface area contributed by atoms with E-state index in [2.05, 4.69) is 22.1 Å². The highest BCUT2D eigenvalue weighted by Crippen LogP contribution is 2.04. The molecule has 0 spiro atoms. The Morgan fingerprint density at radius 3 is 2.84 bits per heavy atom. The topological polar surface area (TPSA) is 96.4 Å². The monoisotopic (exact) mass is 282 g/mol. The summed E-state index contributed by atoms with van der Waals surface area (Å²) in [4.78, 5) is 15.4. The van der Waals surface area contributed by atoms with E-state index < -0.39 is 21.5 Å². The van der Waals surface area contributed by atoms with Crippen LogP contribution in [0.5, 0.6) is 0 Å². The van der Waals surface area contributed by atoms with Crippen LogP contribution in [0.2, 0.25) is 0 Å². The molecule has 2 N–H and O–H groups in total. The second-order valence-corrected chi connectivity index (χ2v) is 5.94. The standard InChI is InChI=1S/C12H14N2O4S/c1-19(17,18)9-12(16)14-11-7-4-6-10(13-11)5-2-3-8-15/h4,6-7,15H,3,8-9H2,1H3,(H,13,14,16). The van der Waals surface area contributed by atoms with Gasteiger partial charge in [-0.25, -0.2) is 13.4 Å². The van der Waals surface area contributed by atoms with E-state index in [0.717, 1.165) is 6.26 Å². The number of sulfone groups is 1. The zero-order valence-electron chi connectivity index (χ0n) is 10.4. The fraction of sp³-hybridized carbons (Fsp3) is 0.333. The first-order valence-corrected chi connectivity index (χ1v) is 7.51. The highest BCUT2D eigenvalue weighted by atomic mass is 32.2. The molecule has 1 heterocycles. The van der Waals surface area contributed by atoms with Crippen molar-refractivity contribution in [3.63, 3.8) is 0 Å². The fourth-order valence-electron chi connectivity index (χ4n) is 1.20. The second-order valence-electron chi connectivity index (χ2n) is 3.80. The number of rotatable bonds is 4. The summed E-state index contributed by atoms with van der Waals surface area (Å²) >= 11 is 0. The lowest BCUT2D eigenvalue weighted by molar-refractivity contribution is -0.113. The van der Waals surface area contributed by atoms with Gasteiger partial charge in [-0.3, -0.25) is 4.79 Å². The van der Waals surface area contributed by atoms with Gasteiger partial charge in [0.05, 0.1) is 6.61 Å². The average Bonchev–Trinajstić information content (AvgIpc) is 2.27. The first-order chi connectivity index (χ1) is 8.90. The molecule has 0 bridgehead atoms. The molecule has 0 atom stereocenters. The summed E-state index contributed by atoms with van der Waals surface area (Å²) in [5, 5.41) is 11.0. The quantitative estimate of drug-likeness (QED) is 0.745. The molecule has 0 radical (unpaired) electrons. The molecule has 0 fully saturated rings. The van der Waals surface area contributed by atoms with E-state index in [1.807, 2.05) is 0 Å². The van der Waals surface area contributed by atoms with E-state index in [0.29, 0.717) is 12.1 Å². The lowest BCUT2D eigenvalue weighted by Crippen LogP contribution is -2.22. The average molecular weight is 282 g/mol. The number of nitrogens with zero attached hydrogens (tertiary/aromatic N) is 1. The Morgan fingerprint density at radius 2 is 2.21 bits per heavy atom. The second kappa shape index (κ2) is 6.87. The predicted molar refractivity (Wildman–Crippen MR) is 71.2 cm³/mol. The van der Waals surface area contributed by atoms with E-state index in [1.165, 1.54) is 6.07 Å². The number of nitrogens with one attached hydrogen (secondary N) is 1. The van der Waals surface area contributed by atoms with Crippen molar-refractivity contribution in [2.24, 2.45) is 0 Å². The van der Waals surface area contributed by atoms with Gasteiger partial charge >= 0.3 is 0 Å². The van der Waals surface area contributed by atoms with Crippen LogP contribution in [0.4, 0.5) is 5.82 Å². The summed E-state index contributed by atoms with van der Waals surface area (Å²) in [6.45, 7) is -0.0300. The normalized spacial score (nSPS) is 10.4. The van der Waals surface area contributed by atoms with Crippen LogP contribution in [0.1, 0.15) is 12.1 Å². The van der Waals surface area contributed by atoms with Gasteiger partial charge in [-0.05, 0) is 18.1 Å². The van der Waals surface area contributed by atoms with Gasteiger partial charge in [0, 0.05) is 12.7 Å². The molecule has 0 saturated carbocycles. The van der Waals surface area contributed by atoms with E-state index in [9.17, 15) is 13.2 Å². The molecule has 0 aliphatic carbocycles. The van der Waals surface area contributed by atoms with Crippen LogP contribution in [-0.2, 0) is 14.6 Å². The molecule has 1 aromatic heterocycles. The molecule has 19 heavy (non-hydrogen) atoms. The Kier molecular flexibility index (Phi) is 5.48. The SMILES string of the molecule is CS(=O)(=O)CC(=O)Nc1cccc(C#CCCO)n1. The fourth-order valence-corrected chi connectivity index (χ4v) is 1.75. The molecule has 0 aliphatic heterocycles. The van der Waals surface area contributed by atoms with Crippen molar-refractivity contribution in [2.75, 3.05) is 23.9 Å². The Bertz CT molecular complexity index is 614. The number of hydrogen-bond acceptors (Lipinski definition) is 5. The third-order valence-electron chi connectivity index (χ3n) is 1.86. The van der Waals surface area contributed by atoms with Crippen molar-refractivity contribution in [3.8, 4) is 11.8 Å². The first-order valence-electron chi connectivity index (χ1n) is 5.45. The minimum atomic E-state index is -3.37. The van der Waals surface area contributed by atoms with Crippen LogP contribution < -0.4 is 5.32 Å². The maximum absolute atomic E-state index is 11.4. The molecular formula is C12H14N2O4S. The molecule has 1 aromatic rings. The summed E-state index contributed by atoms with van der Waals surface area (Å²) in [5.41, 5.74) is 0.436. The summed E-state index contributed by atoms with van der Waals surface area (Å²) in [5.74, 6) is 4.42. The van der Waals surface area contributed by atoms with Crippen LogP contribution in [0.15, 0.2) is 18.2 Å². The Labute approximate surface area is 111 Å². The van der Waals surface area contributed by atoms with Crippen LogP contribution in [0, 0.1) is 11.8 Å². The Morgan fingerprint density at radius 1 is 1.47 bits per heavy atom. The van der Waals surface area contributed by atoms with Gasteiger partial charge in [0.25, 0.3) is 0 Å². The Balaban J connectivity index is 2.73. The smallest absolute Gasteiger partial charge is 0.240 e. The van der Waals surface area contributed by atoms with Crippen molar-refractivity contribution in [1.82, 2.24) is 4.98 Å². The van der Waals surface area contributed by atoms with Gasteiger partial charge in [0.2, 0.25) is 5.91 Å². The van der Waals surface area contributed by atoms with Crippen molar-refractivity contribution in [2.45, 2.75) is 6.42 Å². The molecule has 1 amide bonds. The molecule has 102 valence electrons. The van der Waals surface area contributed by atoms with Crippen LogP contribution in [0.3, 0.4) is 0 Å². The number of aliphatic hydroxyl groups is 1. The van der Waals surface area contributed by atoms with Crippen LogP contribution in [0.25, 0.3) is 0 Å². The van der Waals surface area contributed by atoms with Gasteiger partial charge in [-0.15, -0.1) is 0 Å². The van der Waals surface area contributed by atoms with Gasteiger partial charge in [0.1, 0.15) is 17.3 Å². The highest BCUT2D eigenvalue weighted by molar-refractivity contribution is 7.91. The van der Waals surface area contributed by atoms with Crippen molar-refractivity contribution in [3.05, 3.63) is 23.9 Å². The zero-order valence-corrected chi connectivity index (χ0v) is 11.2. The molecule has 6 nitrogen and oxygen atoms in total. The summed E-state index contributed by atoms with van der Waals surface area (Å²) < 4.78 is 21.9. The summed E-state index contributed by atoms with van der Waals surface area (Å²) in [6, 6.07) is 4.83. The first kappa shape index (κ1) is 15.1. The minimum absolute atomic E-state index is 0.0300. The highest BCUT2D eigenvalue weighted by Gasteiger charge is 2.11. The van der Waals surface area contributed by atoms with Gasteiger partial charge in [-0.1, -0.05) is 12.0 Å². The van der Waals surface area contributed by atoms with E-state index in [1.54, 1.807) is 12.1 Å². The number of carbonyl (C=O) groups is 1. The lowest BCUT2D eigenvalue weighted by Gasteiger charge is -2.03. The third kappa shape index (κ3) is 6.55. The zero-order chi connectivity index (χ0) is 14.3. The number of pyridine rings is 1. The lowest BCUT2D eigenvalue weighted by atomic mass is 10.3. The Hall–Kier alpha value is -1.91. The van der Waals surface area contributed by atoms with Gasteiger partial charge in [0.15, 0.2) is 9.84 Å². The van der Waals surface area contributed by atoms with E-state index in [-0.39, 0.29) is 12.4 Å². The molecule has 0 unspecified atom stereocenters. The number of hydrogen-bond donors (Lipinski definition) is 2. The summed E-state index contributed by atoms with van der Waals surface area (Å²) in [7, 11) is -3.37. The minimum Gasteiger partial charge on any atom is -0.395 e. The van der Waals surface area contributed by atoms with Crippen LogP contribution >= 0.6 is 0 Å². The van der Waals surface area contributed by atoms with Crippen LogP contribution in [-0.4, -0.2) is 43.0 Å². The number of aromatic nitrogens is 1. The van der Waals surface area contributed by atoms with Gasteiger partial charge in [-0.2, -0.15) is 0 Å². The van der Waals surface area contributed by atoms with E-state index in [4.69, 9.17) is 5.11 Å². The summed E-state index contributed by atoms with van der Waals surface area (Å²) in [6.07, 6.45) is 1.32. The molecule has 7 heteroatoms. The molecular weight excluding hydrogens is 268 g/mol. The largest absolute Gasteiger partial charge is 0.395 e. The number of carbonyl (C=O) groups excluding carboxylic acids is 1. The number of anilines is 1. The predicted octanol–water partition coefficient (Wildman–Crippen LogP) is -0.201. The third-order valence-corrected chi connectivity index (χ3v) is 2.65. The molecule has 0 aromatic carbocycles. The maximum atomic E-state index is 11.4. The molecule has 0 aliphatic rings. The number of aliphatic hydroxyl groups excluding tert-OH is 1.